The van der Waals surface area contributed by atoms with Gasteiger partial charge in [0, 0.05) is 19.6 Å². The molecule has 0 aliphatic carbocycles. The summed E-state index contributed by atoms with van der Waals surface area (Å²) < 4.78 is 5.20. The second-order valence-corrected chi connectivity index (χ2v) is 5.50. The van der Waals surface area contributed by atoms with E-state index in [1.165, 1.54) is 0 Å². The first kappa shape index (κ1) is 13.3. The SMILES string of the molecule is CC(C)(C)CCCNC(=O)N1CCOCC1. The van der Waals surface area contributed by atoms with Crippen molar-refractivity contribution < 1.29 is 9.53 Å². The quantitative estimate of drug-likeness (QED) is 0.749. The van der Waals surface area contributed by atoms with Gasteiger partial charge in [-0.15, -0.1) is 0 Å². The summed E-state index contributed by atoms with van der Waals surface area (Å²) in [6, 6.07) is 0.0530. The minimum Gasteiger partial charge on any atom is -0.378 e. The van der Waals surface area contributed by atoms with Crippen LogP contribution < -0.4 is 5.32 Å². The second-order valence-electron chi connectivity index (χ2n) is 5.50. The molecule has 0 radical (unpaired) electrons. The van der Waals surface area contributed by atoms with E-state index in [4.69, 9.17) is 4.74 Å². The van der Waals surface area contributed by atoms with Crippen LogP contribution in [0.15, 0.2) is 0 Å². The summed E-state index contributed by atoms with van der Waals surface area (Å²) in [4.78, 5) is 13.5. The zero-order valence-electron chi connectivity index (χ0n) is 10.7. The molecule has 0 aromatic carbocycles. The smallest absolute Gasteiger partial charge is 0.317 e. The maximum atomic E-state index is 11.7. The first-order valence-corrected chi connectivity index (χ1v) is 6.09. The summed E-state index contributed by atoms with van der Waals surface area (Å²) in [5.74, 6) is 0. The van der Waals surface area contributed by atoms with Gasteiger partial charge in [0.2, 0.25) is 0 Å². The number of amides is 2. The molecule has 94 valence electrons. The van der Waals surface area contributed by atoms with E-state index in [1.54, 1.807) is 0 Å². The van der Waals surface area contributed by atoms with Gasteiger partial charge in [0.25, 0.3) is 0 Å². The predicted octanol–water partition coefficient (Wildman–Crippen LogP) is 1.85. The molecular formula is C12H24N2O2. The number of nitrogens with zero attached hydrogens (tertiary/aromatic N) is 1. The maximum absolute atomic E-state index is 11.7. The second kappa shape index (κ2) is 6.09. The molecule has 1 N–H and O–H groups in total. The monoisotopic (exact) mass is 228 g/mol. The van der Waals surface area contributed by atoms with E-state index in [0.717, 1.165) is 19.4 Å². The van der Waals surface area contributed by atoms with Crippen molar-refractivity contribution in [2.24, 2.45) is 5.41 Å². The number of rotatable bonds is 3. The van der Waals surface area contributed by atoms with Crippen molar-refractivity contribution in [3.8, 4) is 0 Å². The summed E-state index contributed by atoms with van der Waals surface area (Å²) >= 11 is 0. The number of nitrogens with one attached hydrogen (secondary N) is 1. The third-order valence-electron chi connectivity index (χ3n) is 2.68. The molecule has 0 atom stereocenters. The largest absolute Gasteiger partial charge is 0.378 e. The molecule has 1 heterocycles. The minimum atomic E-state index is 0.0530. The van der Waals surface area contributed by atoms with Gasteiger partial charge in [-0.05, 0) is 18.3 Å². The fraction of sp³-hybridized carbons (Fsp3) is 0.917. The summed E-state index contributed by atoms with van der Waals surface area (Å²) in [5, 5.41) is 2.96. The lowest BCUT2D eigenvalue weighted by molar-refractivity contribution is 0.0532. The molecule has 4 heteroatoms. The molecule has 0 spiro atoms. The van der Waals surface area contributed by atoms with Gasteiger partial charge in [-0.25, -0.2) is 4.79 Å². The van der Waals surface area contributed by atoms with E-state index in [-0.39, 0.29) is 6.03 Å². The molecule has 0 saturated carbocycles. The standard InChI is InChI=1S/C12H24N2O2/c1-12(2,3)5-4-6-13-11(15)14-7-9-16-10-8-14/h4-10H2,1-3H3,(H,13,15). The van der Waals surface area contributed by atoms with Crippen LogP contribution in [0.25, 0.3) is 0 Å². The highest BCUT2D eigenvalue weighted by Crippen LogP contribution is 2.19. The Morgan fingerprint density at radius 2 is 1.94 bits per heavy atom. The van der Waals surface area contributed by atoms with Crippen molar-refractivity contribution in [3.63, 3.8) is 0 Å². The van der Waals surface area contributed by atoms with Crippen molar-refractivity contribution in [2.45, 2.75) is 33.6 Å². The summed E-state index contributed by atoms with van der Waals surface area (Å²) in [5.41, 5.74) is 0.351. The Hall–Kier alpha value is -0.770. The average Bonchev–Trinajstić information content (AvgIpc) is 2.24. The Morgan fingerprint density at radius 1 is 1.31 bits per heavy atom. The Labute approximate surface area is 98.3 Å². The van der Waals surface area contributed by atoms with Crippen LogP contribution in [0.3, 0.4) is 0 Å². The Morgan fingerprint density at radius 3 is 2.50 bits per heavy atom. The zero-order valence-corrected chi connectivity index (χ0v) is 10.7. The van der Waals surface area contributed by atoms with E-state index >= 15 is 0 Å². The topological polar surface area (TPSA) is 41.6 Å². The zero-order chi connectivity index (χ0) is 12.0. The van der Waals surface area contributed by atoms with Crippen LogP contribution in [0.2, 0.25) is 0 Å². The Kier molecular flexibility index (Phi) is 5.06. The molecule has 1 aliphatic heterocycles. The fourth-order valence-corrected chi connectivity index (χ4v) is 1.69. The van der Waals surface area contributed by atoms with E-state index in [1.807, 2.05) is 4.90 Å². The molecule has 0 aromatic rings. The van der Waals surface area contributed by atoms with Gasteiger partial charge in [-0.2, -0.15) is 0 Å². The Bertz CT molecular complexity index is 218. The lowest BCUT2D eigenvalue weighted by atomic mass is 9.91. The third-order valence-corrected chi connectivity index (χ3v) is 2.68. The van der Waals surface area contributed by atoms with Crippen LogP contribution >= 0.6 is 0 Å². The number of hydrogen-bond donors (Lipinski definition) is 1. The van der Waals surface area contributed by atoms with Crippen molar-refractivity contribution in [1.82, 2.24) is 10.2 Å². The van der Waals surface area contributed by atoms with Gasteiger partial charge in [0.1, 0.15) is 0 Å². The van der Waals surface area contributed by atoms with Gasteiger partial charge in [0.05, 0.1) is 13.2 Å². The van der Waals surface area contributed by atoms with Crippen LogP contribution in [-0.4, -0.2) is 43.8 Å². The number of carbonyl (C=O) groups is 1. The molecule has 0 aromatic heterocycles. The molecular weight excluding hydrogens is 204 g/mol. The highest BCUT2D eigenvalue weighted by Gasteiger charge is 2.16. The third kappa shape index (κ3) is 5.35. The molecule has 1 aliphatic rings. The van der Waals surface area contributed by atoms with E-state index in [2.05, 4.69) is 26.1 Å². The minimum absolute atomic E-state index is 0.0530. The van der Waals surface area contributed by atoms with E-state index in [0.29, 0.717) is 31.7 Å². The van der Waals surface area contributed by atoms with Crippen LogP contribution in [0.1, 0.15) is 33.6 Å². The summed E-state index contributed by atoms with van der Waals surface area (Å²) in [6.45, 7) is 10.2. The molecule has 1 rings (SSSR count). The van der Waals surface area contributed by atoms with Crippen molar-refractivity contribution in [3.05, 3.63) is 0 Å². The first-order chi connectivity index (χ1) is 7.49. The Balaban J connectivity index is 2.10. The molecule has 1 saturated heterocycles. The lowest BCUT2D eigenvalue weighted by Gasteiger charge is -2.27. The summed E-state index contributed by atoms with van der Waals surface area (Å²) in [7, 11) is 0. The molecule has 1 fully saturated rings. The first-order valence-electron chi connectivity index (χ1n) is 6.09. The molecule has 2 amide bonds. The molecule has 0 unspecified atom stereocenters. The van der Waals surface area contributed by atoms with E-state index in [9.17, 15) is 4.79 Å². The van der Waals surface area contributed by atoms with Crippen LogP contribution in [0.4, 0.5) is 4.79 Å². The van der Waals surface area contributed by atoms with Gasteiger partial charge >= 0.3 is 6.03 Å². The normalized spacial score (nSPS) is 17.3. The van der Waals surface area contributed by atoms with Gasteiger partial charge in [0.15, 0.2) is 0 Å². The van der Waals surface area contributed by atoms with Crippen molar-refractivity contribution >= 4 is 6.03 Å². The number of morpholine rings is 1. The average molecular weight is 228 g/mol. The number of carbonyl (C=O) groups excluding carboxylic acids is 1. The van der Waals surface area contributed by atoms with Crippen molar-refractivity contribution in [2.75, 3.05) is 32.8 Å². The highest BCUT2D eigenvalue weighted by molar-refractivity contribution is 5.74. The molecule has 16 heavy (non-hydrogen) atoms. The summed E-state index contributed by atoms with van der Waals surface area (Å²) in [6.07, 6.45) is 2.18. The maximum Gasteiger partial charge on any atom is 0.317 e. The van der Waals surface area contributed by atoms with Gasteiger partial charge < -0.3 is 15.0 Å². The van der Waals surface area contributed by atoms with Crippen molar-refractivity contribution in [1.29, 1.82) is 0 Å². The molecule has 0 bridgehead atoms. The number of hydrogen-bond acceptors (Lipinski definition) is 2. The van der Waals surface area contributed by atoms with E-state index < -0.39 is 0 Å². The van der Waals surface area contributed by atoms with Crippen LogP contribution in [0.5, 0.6) is 0 Å². The highest BCUT2D eigenvalue weighted by atomic mass is 16.5. The van der Waals surface area contributed by atoms with Crippen LogP contribution in [0, 0.1) is 5.41 Å². The lowest BCUT2D eigenvalue weighted by Crippen LogP contribution is -2.46. The number of ether oxygens (including phenoxy) is 1. The van der Waals surface area contributed by atoms with Gasteiger partial charge in [-0.3, -0.25) is 0 Å². The molecule has 4 nitrogen and oxygen atoms in total. The van der Waals surface area contributed by atoms with Crippen LogP contribution in [-0.2, 0) is 4.74 Å². The van der Waals surface area contributed by atoms with Gasteiger partial charge in [-0.1, -0.05) is 20.8 Å². The fourth-order valence-electron chi connectivity index (χ4n) is 1.69. The predicted molar refractivity (Wildman–Crippen MR) is 64.5 cm³/mol. The number of urea groups is 1.